The molecule has 0 aliphatic carbocycles. The zero-order valence-electron chi connectivity index (χ0n) is 12.4. The Kier molecular flexibility index (Phi) is 3.65. The molecule has 0 spiro atoms. The number of amides is 1. The number of carbonyl (C=O) groups is 1. The molecule has 1 unspecified atom stereocenters. The van der Waals surface area contributed by atoms with Gasteiger partial charge in [-0.1, -0.05) is 23.5 Å². The Labute approximate surface area is 141 Å². The van der Waals surface area contributed by atoms with Crippen molar-refractivity contribution in [2.75, 3.05) is 11.1 Å². The topological polar surface area (TPSA) is 76.9 Å². The molecule has 0 saturated carbocycles. The molecule has 8 heteroatoms. The minimum Gasteiger partial charge on any atom is -0.323 e. The number of hydrogen-bond donors (Lipinski definition) is 1. The van der Waals surface area contributed by atoms with Crippen LogP contribution < -0.4 is 10.9 Å². The first-order valence-electron chi connectivity index (χ1n) is 7.25. The molecule has 0 radical (unpaired) electrons. The summed E-state index contributed by atoms with van der Waals surface area (Å²) in [5.41, 5.74) is 2.56. The van der Waals surface area contributed by atoms with Gasteiger partial charge in [0.05, 0.1) is 11.4 Å². The fourth-order valence-electron chi connectivity index (χ4n) is 2.72. The van der Waals surface area contributed by atoms with Gasteiger partial charge in [-0.15, -0.1) is 0 Å². The Balaban J connectivity index is 1.54. The van der Waals surface area contributed by atoms with Gasteiger partial charge in [-0.3, -0.25) is 14.2 Å². The molecule has 2 aliphatic rings. The van der Waals surface area contributed by atoms with Gasteiger partial charge in [-0.2, -0.15) is 0 Å². The lowest BCUT2D eigenvalue weighted by Gasteiger charge is -2.16. The van der Waals surface area contributed by atoms with Crippen LogP contribution in [0.1, 0.15) is 11.1 Å². The lowest BCUT2D eigenvalue weighted by Crippen LogP contribution is -2.24. The third-order valence-electron chi connectivity index (χ3n) is 3.83. The van der Waals surface area contributed by atoms with E-state index in [0.29, 0.717) is 17.9 Å². The van der Waals surface area contributed by atoms with Crippen LogP contribution in [-0.2, 0) is 17.8 Å². The van der Waals surface area contributed by atoms with Gasteiger partial charge in [0.2, 0.25) is 5.91 Å². The first-order valence-corrected chi connectivity index (χ1v) is 9.11. The SMILES string of the molecule is Cc1cnc2n(c1=O)CC(Cc1cnc3c(c1)NC(=O)CS3)S2. The fraction of sp³-hybridized carbons (Fsp3) is 0.333. The number of carbonyl (C=O) groups excluding carboxylic acids is 1. The number of nitrogens with one attached hydrogen (secondary N) is 1. The van der Waals surface area contributed by atoms with E-state index in [9.17, 15) is 9.59 Å². The molecule has 23 heavy (non-hydrogen) atoms. The van der Waals surface area contributed by atoms with Crippen molar-refractivity contribution < 1.29 is 4.79 Å². The van der Waals surface area contributed by atoms with Crippen molar-refractivity contribution in [2.45, 2.75) is 35.3 Å². The average Bonchev–Trinajstić information content (AvgIpc) is 2.94. The van der Waals surface area contributed by atoms with Crippen LogP contribution in [0.3, 0.4) is 0 Å². The van der Waals surface area contributed by atoms with Crippen LogP contribution in [0.15, 0.2) is 33.4 Å². The molecule has 1 atom stereocenters. The van der Waals surface area contributed by atoms with Crippen LogP contribution in [0.25, 0.3) is 0 Å². The van der Waals surface area contributed by atoms with Crippen LogP contribution in [0.4, 0.5) is 5.69 Å². The first kappa shape index (κ1) is 14.8. The summed E-state index contributed by atoms with van der Waals surface area (Å²) in [7, 11) is 0. The number of pyridine rings is 1. The second-order valence-corrected chi connectivity index (χ2v) is 7.85. The fourth-order valence-corrected chi connectivity index (χ4v) is 4.65. The Morgan fingerprint density at radius 2 is 2.22 bits per heavy atom. The summed E-state index contributed by atoms with van der Waals surface area (Å²) in [5, 5.41) is 4.76. The molecule has 6 nitrogen and oxygen atoms in total. The second-order valence-electron chi connectivity index (χ2n) is 5.62. The van der Waals surface area contributed by atoms with Crippen molar-refractivity contribution in [3.05, 3.63) is 39.9 Å². The molecular weight excluding hydrogens is 332 g/mol. The van der Waals surface area contributed by atoms with E-state index in [-0.39, 0.29) is 16.7 Å². The zero-order valence-corrected chi connectivity index (χ0v) is 14.0. The average molecular weight is 346 g/mol. The molecule has 118 valence electrons. The van der Waals surface area contributed by atoms with E-state index in [4.69, 9.17) is 0 Å². The van der Waals surface area contributed by atoms with E-state index in [2.05, 4.69) is 15.3 Å². The number of rotatable bonds is 2. The molecule has 4 heterocycles. The lowest BCUT2D eigenvalue weighted by atomic mass is 10.1. The number of anilines is 1. The summed E-state index contributed by atoms with van der Waals surface area (Å²) < 4.78 is 1.74. The highest BCUT2D eigenvalue weighted by atomic mass is 32.2. The van der Waals surface area contributed by atoms with Gasteiger partial charge in [-0.25, -0.2) is 9.97 Å². The highest BCUT2D eigenvalue weighted by molar-refractivity contribution is 8.00. The van der Waals surface area contributed by atoms with Crippen molar-refractivity contribution in [1.82, 2.24) is 14.5 Å². The highest BCUT2D eigenvalue weighted by Crippen LogP contribution is 2.33. The van der Waals surface area contributed by atoms with Crippen molar-refractivity contribution in [2.24, 2.45) is 0 Å². The van der Waals surface area contributed by atoms with Gasteiger partial charge >= 0.3 is 0 Å². The third kappa shape index (κ3) is 2.76. The van der Waals surface area contributed by atoms with Crippen molar-refractivity contribution in [3.63, 3.8) is 0 Å². The third-order valence-corrected chi connectivity index (χ3v) is 6.02. The summed E-state index contributed by atoms with van der Waals surface area (Å²) >= 11 is 3.08. The molecule has 0 bridgehead atoms. The second kappa shape index (κ2) is 5.68. The van der Waals surface area contributed by atoms with Crippen molar-refractivity contribution >= 4 is 35.1 Å². The standard InChI is InChI=1S/C15H14N4O2S2/c1-8-4-17-15-19(14(8)21)6-10(23-15)2-9-3-11-13(16-5-9)22-7-12(20)18-11/h3-5,10H,2,6-7H2,1H3,(H,18,20). The molecule has 0 aromatic carbocycles. The van der Waals surface area contributed by atoms with Crippen LogP contribution in [-0.4, -0.2) is 31.4 Å². The van der Waals surface area contributed by atoms with Gasteiger partial charge in [0.15, 0.2) is 5.16 Å². The number of aromatic nitrogens is 3. The number of aryl methyl sites for hydroxylation is 1. The summed E-state index contributed by atoms with van der Waals surface area (Å²) in [6.45, 7) is 2.44. The number of hydrogen-bond acceptors (Lipinski definition) is 6. The predicted molar refractivity (Wildman–Crippen MR) is 90.2 cm³/mol. The number of fused-ring (bicyclic) bond motifs is 2. The quantitative estimate of drug-likeness (QED) is 0.834. The van der Waals surface area contributed by atoms with Crippen molar-refractivity contribution in [3.8, 4) is 0 Å². The zero-order chi connectivity index (χ0) is 16.0. The number of thioether (sulfide) groups is 2. The van der Waals surface area contributed by atoms with Gasteiger partial charge in [0.1, 0.15) is 5.03 Å². The maximum Gasteiger partial charge on any atom is 0.257 e. The largest absolute Gasteiger partial charge is 0.323 e. The molecule has 1 amide bonds. The Morgan fingerprint density at radius 3 is 3.09 bits per heavy atom. The van der Waals surface area contributed by atoms with Crippen LogP contribution in [0.2, 0.25) is 0 Å². The summed E-state index contributed by atoms with van der Waals surface area (Å²) in [4.78, 5) is 32.4. The predicted octanol–water partition coefficient (Wildman–Crippen LogP) is 1.71. The molecular formula is C15H14N4O2S2. The Bertz CT molecular complexity index is 865. The Morgan fingerprint density at radius 1 is 1.35 bits per heavy atom. The molecule has 2 aromatic heterocycles. The minimum atomic E-state index is 0.00956. The van der Waals surface area contributed by atoms with Crippen LogP contribution in [0, 0.1) is 6.92 Å². The molecule has 0 saturated heterocycles. The van der Waals surface area contributed by atoms with E-state index in [0.717, 1.165) is 27.9 Å². The molecule has 2 aromatic rings. The van der Waals surface area contributed by atoms with E-state index in [1.807, 2.05) is 12.3 Å². The maximum atomic E-state index is 12.1. The van der Waals surface area contributed by atoms with Crippen molar-refractivity contribution in [1.29, 1.82) is 0 Å². The summed E-state index contributed by atoms with van der Waals surface area (Å²) in [6, 6.07) is 1.98. The summed E-state index contributed by atoms with van der Waals surface area (Å²) in [5.74, 6) is 0.427. The van der Waals surface area contributed by atoms with Crippen LogP contribution in [0.5, 0.6) is 0 Å². The van der Waals surface area contributed by atoms with E-state index >= 15 is 0 Å². The number of nitrogens with zero attached hydrogens (tertiary/aromatic N) is 3. The molecule has 4 rings (SSSR count). The lowest BCUT2D eigenvalue weighted by molar-refractivity contribution is -0.113. The minimum absolute atomic E-state index is 0.00956. The normalized spacial score (nSPS) is 19.2. The van der Waals surface area contributed by atoms with Gasteiger partial charge in [0.25, 0.3) is 5.56 Å². The smallest absolute Gasteiger partial charge is 0.257 e. The molecule has 2 aliphatic heterocycles. The molecule has 0 fully saturated rings. The van der Waals surface area contributed by atoms with E-state index in [1.54, 1.807) is 29.4 Å². The van der Waals surface area contributed by atoms with E-state index < -0.39 is 0 Å². The van der Waals surface area contributed by atoms with E-state index in [1.165, 1.54) is 11.8 Å². The van der Waals surface area contributed by atoms with Gasteiger partial charge in [0, 0.05) is 29.8 Å². The maximum absolute atomic E-state index is 12.1. The van der Waals surface area contributed by atoms with Gasteiger partial charge in [-0.05, 0) is 25.0 Å². The molecule has 1 N–H and O–H groups in total. The Hall–Kier alpha value is -1.80. The monoisotopic (exact) mass is 346 g/mol. The highest BCUT2D eigenvalue weighted by Gasteiger charge is 2.26. The summed E-state index contributed by atoms with van der Waals surface area (Å²) in [6.07, 6.45) is 4.28. The first-order chi connectivity index (χ1) is 11.1. The van der Waals surface area contributed by atoms with Gasteiger partial charge < -0.3 is 5.32 Å². The van der Waals surface area contributed by atoms with Crippen LogP contribution >= 0.6 is 23.5 Å².